The quantitative estimate of drug-likeness (QED) is 0.708. The van der Waals surface area contributed by atoms with Crippen molar-refractivity contribution in [2.24, 2.45) is 5.73 Å². The molecule has 20 heavy (non-hydrogen) atoms. The largest absolute Gasteiger partial charge is 0.364 e. The van der Waals surface area contributed by atoms with Crippen molar-refractivity contribution in [1.82, 2.24) is 10.2 Å². The molecule has 3 N–H and O–H groups in total. The zero-order valence-corrected chi connectivity index (χ0v) is 11.0. The maximum absolute atomic E-state index is 5.76. The number of nitrogens with two attached hydrogens (primary N) is 1. The summed E-state index contributed by atoms with van der Waals surface area (Å²) >= 11 is 0. The van der Waals surface area contributed by atoms with E-state index in [-0.39, 0.29) is 12.1 Å². The number of aromatic nitrogens is 2. The Morgan fingerprint density at radius 2 is 2.25 bits per heavy atom. The summed E-state index contributed by atoms with van der Waals surface area (Å²) in [6.45, 7) is 0.587. The highest BCUT2D eigenvalue weighted by Crippen LogP contribution is 2.12. The zero-order chi connectivity index (χ0) is 13.8. The summed E-state index contributed by atoms with van der Waals surface area (Å²) in [4.78, 5) is 0. The van der Waals surface area contributed by atoms with Gasteiger partial charge in [-0.15, -0.1) is 0 Å². The fourth-order valence-electron chi connectivity index (χ4n) is 2.13. The van der Waals surface area contributed by atoms with Gasteiger partial charge in [0.05, 0.1) is 18.3 Å². The van der Waals surface area contributed by atoms with E-state index in [1.165, 1.54) is 0 Å². The predicted octanol–water partition coefficient (Wildman–Crippen LogP) is 1.42. The Morgan fingerprint density at radius 3 is 3.10 bits per heavy atom. The number of aromatic amines is 1. The highest BCUT2D eigenvalue weighted by atomic mass is 16.5. The second-order valence-corrected chi connectivity index (χ2v) is 4.85. The predicted molar refractivity (Wildman–Crippen MR) is 77.7 cm³/mol. The van der Waals surface area contributed by atoms with Crippen molar-refractivity contribution in [2.75, 3.05) is 6.61 Å². The Morgan fingerprint density at radius 1 is 1.30 bits per heavy atom. The van der Waals surface area contributed by atoms with Gasteiger partial charge in [-0.2, -0.15) is 5.10 Å². The van der Waals surface area contributed by atoms with Crippen LogP contribution in [0, 0.1) is 23.7 Å². The number of rotatable bonds is 0. The number of fused-ring (bicyclic) bond motifs is 1. The summed E-state index contributed by atoms with van der Waals surface area (Å²) in [7, 11) is 0. The minimum atomic E-state index is -0.0274. The molecule has 0 unspecified atom stereocenters. The second kappa shape index (κ2) is 5.79. The zero-order valence-electron chi connectivity index (χ0n) is 11.0. The van der Waals surface area contributed by atoms with Gasteiger partial charge < -0.3 is 10.5 Å². The molecule has 1 aromatic heterocycles. The number of hydrogen-bond donors (Lipinski definition) is 2. The molecule has 0 saturated carbocycles. The van der Waals surface area contributed by atoms with Gasteiger partial charge in [0.25, 0.3) is 0 Å². The Hall–Kier alpha value is -2.27. The molecule has 1 saturated heterocycles. The van der Waals surface area contributed by atoms with Gasteiger partial charge in [0.1, 0.15) is 6.10 Å². The lowest BCUT2D eigenvalue weighted by Gasteiger charge is -2.22. The standard InChI is InChI=1S/C16H15N3O/c17-14-6-7-15(20-11-14)4-2-1-3-12-5-8-16-13(9-12)10-18-19-16/h5,8-10,14-15H,6-7,11,17H2,(H,18,19)/t14-,15+/m0/s1. The summed E-state index contributed by atoms with van der Waals surface area (Å²) in [5.74, 6) is 11.8. The summed E-state index contributed by atoms with van der Waals surface area (Å²) in [5.41, 5.74) is 7.69. The topological polar surface area (TPSA) is 63.9 Å². The Bertz CT molecular complexity index is 718. The van der Waals surface area contributed by atoms with Crippen LogP contribution in [-0.4, -0.2) is 29.0 Å². The van der Waals surface area contributed by atoms with Crippen LogP contribution in [0.2, 0.25) is 0 Å². The number of H-pyrrole nitrogens is 1. The van der Waals surface area contributed by atoms with E-state index < -0.39 is 0 Å². The van der Waals surface area contributed by atoms with Crippen LogP contribution in [0.3, 0.4) is 0 Å². The van der Waals surface area contributed by atoms with E-state index in [0.29, 0.717) is 6.61 Å². The Labute approximate surface area is 117 Å². The molecular weight excluding hydrogens is 250 g/mol. The van der Waals surface area contributed by atoms with E-state index in [1.54, 1.807) is 6.20 Å². The molecule has 1 aromatic carbocycles. The highest BCUT2D eigenvalue weighted by molar-refractivity contribution is 5.79. The molecule has 0 bridgehead atoms. The number of ether oxygens (including phenoxy) is 1. The van der Waals surface area contributed by atoms with Crippen molar-refractivity contribution in [1.29, 1.82) is 0 Å². The van der Waals surface area contributed by atoms with Crippen molar-refractivity contribution < 1.29 is 4.74 Å². The van der Waals surface area contributed by atoms with Gasteiger partial charge in [-0.25, -0.2) is 0 Å². The van der Waals surface area contributed by atoms with Crippen LogP contribution < -0.4 is 5.73 Å². The second-order valence-electron chi connectivity index (χ2n) is 4.85. The van der Waals surface area contributed by atoms with Gasteiger partial charge in [-0.05, 0) is 42.9 Å². The molecule has 4 heteroatoms. The maximum Gasteiger partial charge on any atom is 0.119 e. The van der Waals surface area contributed by atoms with Gasteiger partial charge >= 0.3 is 0 Å². The van der Waals surface area contributed by atoms with Crippen molar-refractivity contribution >= 4 is 10.9 Å². The van der Waals surface area contributed by atoms with E-state index >= 15 is 0 Å². The number of nitrogens with one attached hydrogen (secondary N) is 1. The third-order valence-corrected chi connectivity index (χ3v) is 3.25. The van der Waals surface area contributed by atoms with Gasteiger partial charge in [0.2, 0.25) is 0 Å². The molecule has 0 radical (unpaired) electrons. The first kappa shape index (κ1) is 12.7. The molecule has 2 heterocycles. The smallest absolute Gasteiger partial charge is 0.119 e. The van der Waals surface area contributed by atoms with Crippen molar-refractivity contribution in [3.8, 4) is 23.7 Å². The van der Waals surface area contributed by atoms with E-state index in [0.717, 1.165) is 29.3 Å². The third kappa shape index (κ3) is 3.00. The number of nitrogens with zero attached hydrogens (tertiary/aromatic N) is 1. The molecule has 0 spiro atoms. The molecule has 1 fully saturated rings. The van der Waals surface area contributed by atoms with Crippen LogP contribution in [0.15, 0.2) is 24.4 Å². The average molecular weight is 265 g/mol. The van der Waals surface area contributed by atoms with Crippen molar-refractivity contribution in [2.45, 2.75) is 25.0 Å². The SMILES string of the molecule is N[C@H]1CC[C@@H](C#CC#Cc2ccc3[nH]ncc3c2)OC1. The molecule has 100 valence electrons. The highest BCUT2D eigenvalue weighted by Gasteiger charge is 2.16. The van der Waals surface area contributed by atoms with Gasteiger partial charge in [0, 0.05) is 17.0 Å². The molecule has 1 aliphatic heterocycles. The molecule has 2 aromatic rings. The molecule has 0 amide bonds. The van der Waals surface area contributed by atoms with Crippen LogP contribution in [0.5, 0.6) is 0 Å². The van der Waals surface area contributed by atoms with Gasteiger partial charge in [0.15, 0.2) is 0 Å². The van der Waals surface area contributed by atoms with E-state index in [2.05, 4.69) is 33.9 Å². The van der Waals surface area contributed by atoms with Crippen LogP contribution in [0.4, 0.5) is 0 Å². The van der Waals surface area contributed by atoms with Crippen LogP contribution in [0.25, 0.3) is 10.9 Å². The van der Waals surface area contributed by atoms with Gasteiger partial charge in [-0.1, -0.05) is 11.8 Å². The summed E-state index contributed by atoms with van der Waals surface area (Å²) in [6.07, 6.45) is 3.60. The first-order valence-electron chi connectivity index (χ1n) is 6.63. The molecule has 4 nitrogen and oxygen atoms in total. The molecule has 3 rings (SSSR count). The molecular formula is C16H15N3O. The summed E-state index contributed by atoms with van der Waals surface area (Å²) < 4.78 is 5.51. The minimum absolute atomic E-state index is 0.0274. The summed E-state index contributed by atoms with van der Waals surface area (Å²) in [6, 6.07) is 6.06. The monoisotopic (exact) mass is 265 g/mol. The molecule has 1 aliphatic rings. The van der Waals surface area contributed by atoms with Crippen LogP contribution in [0.1, 0.15) is 18.4 Å². The molecule has 0 aliphatic carbocycles. The first-order valence-corrected chi connectivity index (χ1v) is 6.63. The fraction of sp³-hybridized carbons (Fsp3) is 0.312. The summed E-state index contributed by atoms with van der Waals surface area (Å²) in [5, 5.41) is 7.94. The minimum Gasteiger partial charge on any atom is -0.364 e. The van der Waals surface area contributed by atoms with E-state index in [1.807, 2.05) is 18.2 Å². The lowest BCUT2D eigenvalue weighted by Crippen LogP contribution is -2.34. The lowest BCUT2D eigenvalue weighted by atomic mass is 10.1. The van der Waals surface area contributed by atoms with Crippen LogP contribution >= 0.6 is 0 Å². The maximum atomic E-state index is 5.76. The lowest BCUT2D eigenvalue weighted by molar-refractivity contribution is 0.0401. The van der Waals surface area contributed by atoms with E-state index in [9.17, 15) is 0 Å². The van der Waals surface area contributed by atoms with Crippen molar-refractivity contribution in [3.05, 3.63) is 30.0 Å². The van der Waals surface area contributed by atoms with Crippen molar-refractivity contribution in [3.63, 3.8) is 0 Å². The Kier molecular flexibility index (Phi) is 3.69. The normalized spacial score (nSPS) is 21.6. The Balaban J connectivity index is 1.66. The van der Waals surface area contributed by atoms with E-state index in [4.69, 9.17) is 10.5 Å². The third-order valence-electron chi connectivity index (χ3n) is 3.25. The fourth-order valence-corrected chi connectivity index (χ4v) is 2.13. The molecule has 2 atom stereocenters. The number of benzene rings is 1. The van der Waals surface area contributed by atoms with Crippen LogP contribution in [-0.2, 0) is 4.74 Å². The number of hydrogen-bond acceptors (Lipinski definition) is 3. The van der Waals surface area contributed by atoms with Gasteiger partial charge in [-0.3, -0.25) is 5.10 Å². The first-order chi connectivity index (χ1) is 9.81. The average Bonchev–Trinajstić information content (AvgIpc) is 2.93.